The van der Waals surface area contributed by atoms with Gasteiger partial charge < -0.3 is 14.0 Å². The minimum atomic E-state index is -1.49. The molecule has 24 heavy (non-hydrogen) atoms. The zero-order chi connectivity index (χ0) is 17.4. The van der Waals surface area contributed by atoms with Crippen molar-refractivity contribution < 1.29 is 27.2 Å². The highest BCUT2D eigenvalue weighted by molar-refractivity contribution is 6.61. The summed E-state index contributed by atoms with van der Waals surface area (Å²) >= 11 is 0. The number of unbranched alkanes of at least 4 members (excludes halogenated alkanes) is 4. The van der Waals surface area contributed by atoms with E-state index >= 15 is 0 Å². The number of rotatable bonds is 9. The maximum Gasteiger partial charge on any atom is 0.494 e. The molecule has 0 unspecified atom stereocenters. The second-order valence-electron chi connectivity index (χ2n) is 6.15. The van der Waals surface area contributed by atoms with Gasteiger partial charge in [0.15, 0.2) is 17.5 Å². The summed E-state index contributed by atoms with van der Waals surface area (Å²) in [5.74, 6) is -3.89. The third-order valence-corrected chi connectivity index (χ3v) is 3.99. The Kier molecular flexibility index (Phi) is 8.08. The zero-order valence-corrected chi connectivity index (χ0v) is 14.0. The highest BCUT2D eigenvalue weighted by atomic mass is 19.2. The maximum absolute atomic E-state index is 13.2. The zero-order valence-electron chi connectivity index (χ0n) is 14.0. The van der Waals surface area contributed by atoms with E-state index in [0.717, 1.165) is 25.2 Å². The van der Waals surface area contributed by atoms with Gasteiger partial charge in [0.05, 0.1) is 6.61 Å². The van der Waals surface area contributed by atoms with Gasteiger partial charge >= 0.3 is 7.12 Å². The van der Waals surface area contributed by atoms with E-state index in [1.54, 1.807) is 0 Å². The third-order valence-electron chi connectivity index (χ3n) is 3.99. The van der Waals surface area contributed by atoms with Gasteiger partial charge in [0.1, 0.15) is 0 Å². The van der Waals surface area contributed by atoms with Gasteiger partial charge in [-0.1, -0.05) is 32.6 Å². The van der Waals surface area contributed by atoms with E-state index in [-0.39, 0.29) is 11.4 Å². The van der Waals surface area contributed by atoms with Crippen LogP contribution in [0, 0.1) is 23.4 Å². The molecule has 7 heteroatoms. The minimum absolute atomic E-state index is 0.0898. The molecule has 0 spiro atoms. The van der Waals surface area contributed by atoms with Crippen molar-refractivity contribution >= 4 is 12.6 Å². The van der Waals surface area contributed by atoms with E-state index in [1.165, 1.54) is 25.7 Å². The van der Waals surface area contributed by atoms with E-state index in [0.29, 0.717) is 19.8 Å². The molecule has 0 saturated carbocycles. The standard InChI is InChI=1S/C17H24BF3O3/c1-2-3-4-5-6-7-22-10-13-11-23-18(24-12-13)14-8-15(19)17(21)16(20)9-14/h8-9,13H,2-7,10-12H2,1H3. The molecule has 1 heterocycles. The van der Waals surface area contributed by atoms with Crippen LogP contribution in [0.1, 0.15) is 39.0 Å². The van der Waals surface area contributed by atoms with Gasteiger partial charge in [-0.15, -0.1) is 0 Å². The largest absolute Gasteiger partial charge is 0.494 e. The monoisotopic (exact) mass is 344 g/mol. The average Bonchev–Trinajstić information content (AvgIpc) is 2.59. The molecule has 1 aliphatic rings. The van der Waals surface area contributed by atoms with Crippen LogP contribution in [0.4, 0.5) is 13.2 Å². The van der Waals surface area contributed by atoms with Crippen molar-refractivity contribution in [3.8, 4) is 0 Å². The van der Waals surface area contributed by atoms with Crippen LogP contribution in [-0.2, 0) is 14.0 Å². The summed E-state index contributed by atoms with van der Waals surface area (Å²) in [5.41, 5.74) is 0.140. The molecule has 1 aromatic carbocycles. The van der Waals surface area contributed by atoms with Crippen molar-refractivity contribution in [1.29, 1.82) is 0 Å². The van der Waals surface area contributed by atoms with E-state index in [9.17, 15) is 13.2 Å². The first kappa shape index (κ1) is 19.3. The van der Waals surface area contributed by atoms with Gasteiger partial charge in [0.2, 0.25) is 0 Å². The third kappa shape index (κ3) is 5.79. The quantitative estimate of drug-likeness (QED) is 0.390. The molecule has 2 rings (SSSR count). The minimum Gasteiger partial charge on any atom is -0.407 e. The molecule has 1 aromatic rings. The molecule has 0 N–H and O–H groups in total. The summed E-state index contributed by atoms with van der Waals surface area (Å²) in [7, 11) is -0.875. The second kappa shape index (κ2) is 10.1. The lowest BCUT2D eigenvalue weighted by Gasteiger charge is -2.27. The molecule has 3 nitrogen and oxygen atoms in total. The van der Waals surface area contributed by atoms with Crippen LogP contribution in [-0.4, -0.2) is 33.5 Å². The predicted octanol–water partition coefficient (Wildman–Crippen LogP) is 3.45. The van der Waals surface area contributed by atoms with Gasteiger partial charge in [-0.2, -0.15) is 0 Å². The lowest BCUT2D eigenvalue weighted by atomic mass is 9.77. The highest BCUT2D eigenvalue weighted by Gasteiger charge is 2.31. The maximum atomic E-state index is 13.2. The van der Waals surface area contributed by atoms with Crippen molar-refractivity contribution in [1.82, 2.24) is 0 Å². The normalized spacial score (nSPS) is 15.9. The molecular formula is C17H24BF3O3. The Bertz CT molecular complexity index is 485. The van der Waals surface area contributed by atoms with Gasteiger partial charge in [-0.25, -0.2) is 13.2 Å². The molecule has 0 atom stereocenters. The SMILES string of the molecule is CCCCCCCOCC1COB(c2cc(F)c(F)c(F)c2)OC1. The Morgan fingerprint density at radius 1 is 1.04 bits per heavy atom. The number of ether oxygens (including phenoxy) is 1. The van der Waals surface area contributed by atoms with Gasteiger partial charge in [0, 0.05) is 25.7 Å². The summed E-state index contributed by atoms with van der Waals surface area (Å²) in [5, 5.41) is 0. The summed E-state index contributed by atoms with van der Waals surface area (Å²) in [6.45, 7) is 4.19. The number of benzene rings is 1. The Morgan fingerprint density at radius 3 is 2.29 bits per heavy atom. The van der Waals surface area contributed by atoms with Gasteiger partial charge in [0.25, 0.3) is 0 Å². The summed E-state index contributed by atoms with van der Waals surface area (Å²) in [6, 6.07) is 1.80. The second-order valence-corrected chi connectivity index (χ2v) is 6.15. The summed E-state index contributed by atoms with van der Waals surface area (Å²) in [6.07, 6.45) is 5.94. The van der Waals surface area contributed by atoms with Crippen LogP contribution < -0.4 is 5.46 Å². The molecular weight excluding hydrogens is 320 g/mol. The first-order chi connectivity index (χ1) is 11.6. The Balaban J connectivity index is 1.66. The Hall–Kier alpha value is -1.05. The molecule has 1 saturated heterocycles. The van der Waals surface area contributed by atoms with Gasteiger partial charge in [-0.05, 0) is 24.0 Å². The van der Waals surface area contributed by atoms with Crippen LogP contribution >= 0.6 is 0 Å². The summed E-state index contributed by atoms with van der Waals surface area (Å²) < 4.78 is 56.0. The van der Waals surface area contributed by atoms with Crippen LogP contribution in [0.3, 0.4) is 0 Å². The van der Waals surface area contributed by atoms with Crippen molar-refractivity contribution in [3.63, 3.8) is 0 Å². The van der Waals surface area contributed by atoms with Crippen molar-refractivity contribution in [2.24, 2.45) is 5.92 Å². The number of hydrogen-bond acceptors (Lipinski definition) is 3. The van der Waals surface area contributed by atoms with Crippen LogP contribution in [0.5, 0.6) is 0 Å². The van der Waals surface area contributed by atoms with E-state index in [4.69, 9.17) is 14.0 Å². The van der Waals surface area contributed by atoms with E-state index < -0.39 is 24.6 Å². The highest BCUT2D eigenvalue weighted by Crippen LogP contribution is 2.13. The topological polar surface area (TPSA) is 27.7 Å². The van der Waals surface area contributed by atoms with Crippen LogP contribution in [0.25, 0.3) is 0 Å². The molecule has 0 radical (unpaired) electrons. The van der Waals surface area contributed by atoms with Crippen molar-refractivity contribution in [2.75, 3.05) is 26.4 Å². The fourth-order valence-electron chi connectivity index (χ4n) is 2.60. The average molecular weight is 344 g/mol. The Morgan fingerprint density at radius 2 is 1.67 bits per heavy atom. The molecule has 0 aliphatic carbocycles. The molecule has 1 aliphatic heterocycles. The summed E-state index contributed by atoms with van der Waals surface area (Å²) in [4.78, 5) is 0. The molecule has 0 bridgehead atoms. The predicted molar refractivity (Wildman–Crippen MR) is 86.7 cm³/mol. The van der Waals surface area contributed by atoms with Gasteiger partial charge in [-0.3, -0.25) is 0 Å². The Labute approximate surface area is 141 Å². The first-order valence-corrected chi connectivity index (χ1v) is 8.57. The lowest BCUT2D eigenvalue weighted by Crippen LogP contribution is -2.45. The molecule has 0 aromatic heterocycles. The van der Waals surface area contributed by atoms with E-state index in [1.807, 2.05) is 0 Å². The van der Waals surface area contributed by atoms with Crippen LogP contribution in [0.15, 0.2) is 12.1 Å². The fourth-order valence-corrected chi connectivity index (χ4v) is 2.60. The molecule has 134 valence electrons. The van der Waals surface area contributed by atoms with Crippen LogP contribution in [0.2, 0.25) is 0 Å². The lowest BCUT2D eigenvalue weighted by molar-refractivity contribution is 0.0180. The number of hydrogen-bond donors (Lipinski definition) is 0. The molecule has 1 fully saturated rings. The van der Waals surface area contributed by atoms with E-state index in [2.05, 4.69) is 6.92 Å². The van der Waals surface area contributed by atoms with Crippen molar-refractivity contribution in [2.45, 2.75) is 39.0 Å². The fraction of sp³-hybridized carbons (Fsp3) is 0.647. The smallest absolute Gasteiger partial charge is 0.407 e. The number of halogens is 3. The van der Waals surface area contributed by atoms with Crippen molar-refractivity contribution in [3.05, 3.63) is 29.6 Å². The first-order valence-electron chi connectivity index (χ1n) is 8.57. The molecule has 0 amide bonds.